The topological polar surface area (TPSA) is 67.4 Å². The number of nitrogens with one attached hydrogen (secondary N) is 2. The maximum Gasteiger partial charge on any atom is 0.314 e. The fourth-order valence-electron chi connectivity index (χ4n) is 2.73. The summed E-state index contributed by atoms with van der Waals surface area (Å²) >= 11 is 0. The van der Waals surface area contributed by atoms with Crippen LogP contribution in [0.1, 0.15) is 50.7 Å². The Balaban J connectivity index is 2.19. The Morgan fingerprint density at radius 3 is 1.77 bits per heavy atom. The zero-order valence-corrected chi connectivity index (χ0v) is 15.9. The average Bonchev–Trinajstić information content (AvgIpc) is 2.62. The van der Waals surface area contributed by atoms with Gasteiger partial charge in [0.2, 0.25) is 0 Å². The number of anilines is 2. The van der Waals surface area contributed by atoms with Crippen LogP contribution in [0, 0.1) is 0 Å². The van der Waals surface area contributed by atoms with E-state index in [2.05, 4.69) is 38.3 Å². The van der Waals surface area contributed by atoms with E-state index >= 15 is 0 Å². The molecule has 2 aromatic carbocycles. The molecule has 0 aliphatic rings. The predicted octanol–water partition coefficient (Wildman–Crippen LogP) is 4.52. The van der Waals surface area contributed by atoms with Crippen LogP contribution in [0.5, 0.6) is 5.75 Å². The largest absolute Gasteiger partial charge is 0.497 e. The molecule has 0 atom stereocenters. The molecule has 0 heterocycles. The van der Waals surface area contributed by atoms with Crippen molar-refractivity contribution in [1.82, 2.24) is 0 Å². The van der Waals surface area contributed by atoms with Crippen LogP contribution in [0.25, 0.3) is 0 Å². The molecule has 0 fully saturated rings. The monoisotopic (exact) mass is 354 g/mol. The van der Waals surface area contributed by atoms with Crippen LogP contribution in [0.15, 0.2) is 42.5 Å². The number of rotatable bonds is 5. The van der Waals surface area contributed by atoms with E-state index in [0.717, 1.165) is 16.8 Å². The van der Waals surface area contributed by atoms with Gasteiger partial charge < -0.3 is 15.4 Å². The van der Waals surface area contributed by atoms with Crippen molar-refractivity contribution in [2.45, 2.75) is 39.5 Å². The Morgan fingerprint density at radius 1 is 0.808 bits per heavy atom. The van der Waals surface area contributed by atoms with E-state index in [1.807, 2.05) is 18.2 Å². The standard InChI is InChI=1S/C21H26N2O3/c1-13(2)17-7-6-8-18(14(3)4)19(17)23-21(25)20(24)22-15-9-11-16(26-5)12-10-15/h6-14H,1-5H3,(H,22,24)(H,23,25). The summed E-state index contributed by atoms with van der Waals surface area (Å²) in [7, 11) is 1.57. The molecule has 0 radical (unpaired) electrons. The van der Waals surface area contributed by atoms with Crippen molar-refractivity contribution in [3.8, 4) is 5.75 Å². The molecule has 0 aliphatic carbocycles. The second kappa shape index (κ2) is 8.52. The van der Waals surface area contributed by atoms with E-state index in [0.29, 0.717) is 11.4 Å². The normalized spacial score (nSPS) is 10.7. The highest BCUT2D eigenvalue weighted by molar-refractivity contribution is 6.43. The van der Waals surface area contributed by atoms with Gasteiger partial charge in [0, 0.05) is 11.4 Å². The molecule has 0 aliphatic heterocycles. The van der Waals surface area contributed by atoms with Gasteiger partial charge in [-0.25, -0.2) is 0 Å². The van der Waals surface area contributed by atoms with Crippen LogP contribution in [-0.4, -0.2) is 18.9 Å². The third kappa shape index (κ3) is 4.63. The first-order chi connectivity index (χ1) is 12.3. The minimum absolute atomic E-state index is 0.230. The lowest BCUT2D eigenvalue weighted by Gasteiger charge is -2.20. The van der Waals surface area contributed by atoms with Gasteiger partial charge >= 0.3 is 11.8 Å². The first-order valence-electron chi connectivity index (χ1n) is 8.72. The Hall–Kier alpha value is -2.82. The van der Waals surface area contributed by atoms with E-state index in [4.69, 9.17) is 4.74 Å². The number of para-hydroxylation sites is 1. The minimum Gasteiger partial charge on any atom is -0.497 e. The van der Waals surface area contributed by atoms with Crippen molar-refractivity contribution < 1.29 is 14.3 Å². The molecular weight excluding hydrogens is 328 g/mol. The maximum atomic E-state index is 12.4. The number of carbonyl (C=O) groups excluding carboxylic acids is 2. The Labute approximate surface area is 154 Å². The molecule has 138 valence electrons. The Morgan fingerprint density at radius 2 is 1.31 bits per heavy atom. The van der Waals surface area contributed by atoms with Crippen LogP contribution in [0.2, 0.25) is 0 Å². The predicted molar refractivity (Wildman–Crippen MR) is 105 cm³/mol. The summed E-state index contributed by atoms with van der Waals surface area (Å²) in [6.45, 7) is 8.25. The molecular formula is C21H26N2O3. The van der Waals surface area contributed by atoms with Crippen molar-refractivity contribution in [1.29, 1.82) is 0 Å². The Bertz CT molecular complexity index is 754. The van der Waals surface area contributed by atoms with Crippen LogP contribution >= 0.6 is 0 Å². The highest BCUT2D eigenvalue weighted by atomic mass is 16.5. The molecule has 2 amide bonds. The second-order valence-corrected chi connectivity index (χ2v) is 6.76. The van der Waals surface area contributed by atoms with Gasteiger partial charge in [-0.05, 0) is 47.2 Å². The number of ether oxygens (including phenoxy) is 1. The summed E-state index contributed by atoms with van der Waals surface area (Å²) in [6, 6.07) is 12.8. The van der Waals surface area contributed by atoms with E-state index in [9.17, 15) is 9.59 Å². The van der Waals surface area contributed by atoms with Gasteiger partial charge in [-0.3, -0.25) is 9.59 Å². The number of benzene rings is 2. The molecule has 26 heavy (non-hydrogen) atoms. The SMILES string of the molecule is COc1ccc(NC(=O)C(=O)Nc2c(C(C)C)cccc2C(C)C)cc1. The molecule has 0 saturated carbocycles. The lowest BCUT2D eigenvalue weighted by Crippen LogP contribution is -2.30. The van der Waals surface area contributed by atoms with E-state index in [1.165, 1.54) is 0 Å². The van der Waals surface area contributed by atoms with Crippen molar-refractivity contribution in [3.63, 3.8) is 0 Å². The number of amides is 2. The van der Waals surface area contributed by atoms with Crippen LogP contribution in [0.4, 0.5) is 11.4 Å². The third-order valence-corrected chi connectivity index (χ3v) is 4.17. The highest BCUT2D eigenvalue weighted by Crippen LogP contribution is 2.32. The van der Waals surface area contributed by atoms with Gasteiger partial charge in [0.15, 0.2) is 0 Å². The molecule has 2 rings (SSSR count). The van der Waals surface area contributed by atoms with Gasteiger partial charge in [-0.15, -0.1) is 0 Å². The van der Waals surface area contributed by atoms with Crippen molar-refractivity contribution in [2.75, 3.05) is 17.7 Å². The summed E-state index contributed by atoms with van der Waals surface area (Å²) in [5.41, 5.74) is 3.29. The van der Waals surface area contributed by atoms with Crippen molar-refractivity contribution in [3.05, 3.63) is 53.6 Å². The number of carbonyl (C=O) groups is 2. The first-order valence-corrected chi connectivity index (χ1v) is 8.72. The zero-order valence-electron chi connectivity index (χ0n) is 15.9. The fraction of sp³-hybridized carbons (Fsp3) is 0.333. The molecule has 2 N–H and O–H groups in total. The van der Waals surface area contributed by atoms with Gasteiger partial charge in [0.25, 0.3) is 0 Å². The van der Waals surface area contributed by atoms with Gasteiger partial charge in [0.1, 0.15) is 5.75 Å². The molecule has 0 bridgehead atoms. The van der Waals surface area contributed by atoms with Crippen LogP contribution in [0.3, 0.4) is 0 Å². The number of hydrogen-bond donors (Lipinski definition) is 2. The van der Waals surface area contributed by atoms with Gasteiger partial charge in [0.05, 0.1) is 7.11 Å². The van der Waals surface area contributed by atoms with E-state index in [1.54, 1.807) is 31.4 Å². The molecule has 0 spiro atoms. The summed E-state index contributed by atoms with van der Waals surface area (Å²) in [4.78, 5) is 24.7. The maximum absolute atomic E-state index is 12.4. The number of hydrogen-bond acceptors (Lipinski definition) is 3. The van der Waals surface area contributed by atoms with E-state index < -0.39 is 11.8 Å². The molecule has 2 aromatic rings. The highest BCUT2D eigenvalue weighted by Gasteiger charge is 2.20. The Kier molecular flexibility index (Phi) is 6.39. The lowest BCUT2D eigenvalue weighted by molar-refractivity contribution is -0.133. The smallest absolute Gasteiger partial charge is 0.314 e. The van der Waals surface area contributed by atoms with Gasteiger partial charge in [-0.1, -0.05) is 45.9 Å². The fourth-order valence-corrected chi connectivity index (χ4v) is 2.73. The second-order valence-electron chi connectivity index (χ2n) is 6.76. The van der Waals surface area contributed by atoms with Crippen LogP contribution in [-0.2, 0) is 9.59 Å². The summed E-state index contributed by atoms with van der Waals surface area (Å²) in [6.07, 6.45) is 0. The first kappa shape index (κ1) is 19.5. The average molecular weight is 354 g/mol. The molecule has 0 aromatic heterocycles. The van der Waals surface area contributed by atoms with Crippen LogP contribution < -0.4 is 15.4 Å². The molecule has 5 heteroatoms. The molecule has 5 nitrogen and oxygen atoms in total. The zero-order chi connectivity index (χ0) is 19.3. The summed E-state index contributed by atoms with van der Waals surface area (Å²) in [5, 5.41) is 5.41. The third-order valence-electron chi connectivity index (χ3n) is 4.17. The van der Waals surface area contributed by atoms with Crippen molar-refractivity contribution in [2.24, 2.45) is 0 Å². The minimum atomic E-state index is -0.705. The van der Waals surface area contributed by atoms with E-state index in [-0.39, 0.29) is 11.8 Å². The lowest BCUT2D eigenvalue weighted by atomic mass is 9.92. The number of methoxy groups -OCH3 is 1. The summed E-state index contributed by atoms with van der Waals surface area (Å²) in [5.74, 6) is -0.249. The summed E-state index contributed by atoms with van der Waals surface area (Å²) < 4.78 is 5.08. The van der Waals surface area contributed by atoms with Crippen molar-refractivity contribution >= 4 is 23.2 Å². The molecule has 0 saturated heterocycles. The quantitative estimate of drug-likeness (QED) is 0.776. The van der Waals surface area contributed by atoms with Gasteiger partial charge in [-0.2, -0.15) is 0 Å². The molecule has 0 unspecified atom stereocenters.